The molecule has 4 nitrogen and oxygen atoms in total. The summed E-state index contributed by atoms with van der Waals surface area (Å²) in [4.78, 5) is 13.2. The maximum atomic E-state index is 11.0. The predicted molar refractivity (Wildman–Crippen MR) is 69.7 cm³/mol. The van der Waals surface area contributed by atoms with E-state index in [1.807, 2.05) is 6.07 Å². The lowest BCUT2D eigenvalue weighted by Gasteiger charge is -2.16. The maximum absolute atomic E-state index is 11.0. The van der Waals surface area contributed by atoms with Crippen molar-refractivity contribution in [3.05, 3.63) is 29.8 Å². The lowest BCUT2D eigenvalue weighted by molar-refractivity contribution is 0.0698. The molecule has 1 rings (SSSR count). The molecule has 0 aliphatic carbocycles. The minimum Gasteiger partial charge on any atom is -0.478 e. The molecular formula is C13H20N2O2. The number of carbonyl (C=O) groups is 1. The summed E-state index contributed by atoms with van der Waals surface area (Å²) in [6.07, 6.45) is 1.13. The first-order valence-electron chi connectivity index (χ1n) is 5.90. The van der Waals surface area contributed by atoms with Gasteiger partial charge in [0.25, 0.3) is 0 Å². The van der Waals surface area contributed by atoms with Crippen LogP contribution in [-0.2, 0) is 0 Å². The van der Waals surface area contributed by atoms with Crippen LogP contribution in [-0.4, -0.2) is 42.7 Å². The molecule has 0 saturated heterocycles. The zero-order chi connectivity index (χ0) is 12.7. The highest BCUT2D eigenvalue weighted by molar-refractivity contribution is 5.94. The molecule has 0 aliphatic rings. The average Bonchev–Trinajstić information content (AvgIpc) is 2.30. The Labute approximate surface area is 102 Å². The Hall–Kier alpha value is -1.55. The zero-order valence-corrected chi connectivity index (χ0v) is 10.4. The van der Waals surface area contributed by atoms with Gasteiger partial charge in [-0.05, 0) is 32.1 Å². The van der Waals surface area contributed by atoms with Crippen molar-refractivity contribution in [2.24, 2.45) is 0 Å². The second-order valence-electron chi connectivity index (χ2n) is 4.08. The summed E-state index contributed by atoms with van der Waals surface area (Å²) in [6.45, 7) is 4.86. The summed E-state index contributed by atoms with van der Waals surface area (Å²) in [6, 6.07) is 6.98. The number of para-hydroxylation sites is 1. The molecule has 0 spiro atoms. The Balaban J connectivity index is 2.49. The second kappa shape index (κ2) is 6.91. The van der Waals surface area contributed by atoms with Gasteiger partial charge in [-0.15, -0.1) is 0 Å². The van der Waals surface area contributed by atoms with Crippen LogP contribution in [0.4, 0.5) is 5.69 Å². The fourth-order valence-electron chi connectivity index (χ4n) is 1.70. The molecule has 0 saturated carbocycles. The van der Waals surface area contributed by atoms with Crippen LogP contribution in [0.3, 0.4) is 0 Å². The maximum Gasteiger partial charge on any atom is 0.337 e. The lowest BCUT2D eigenvalue weighted by atomic mass is 10.2. The van der Waals surface area contributed by atoms with Gasteiger partial charge in [0.15, 0.2) is 0 Å². The van der Waals surface area contributed by atoms with Gasteiger partial charge in [0.2, 0.25) is 0 Å². The highest BCUT2D eigenvalue weighted by atomic mass is 16.4. The standard InChI is InChI=1S/C13H20N2O2/c1-3-9-15(2)10-8-14-12-7-5-4-6-11(12)13(16)17/h4-7,14H,3,8-10H2,1-2H3,(H,16,17). The Bertz CT molecular complexity index is 366. The van der Waals surface area contributed by atoms with Crippen LogP contribution >= 0.6 is 0 Å². The summed E-state index contributed by atoms with van der Waals surface area (Å²) >= 11 is 0. The number of carboxylic acid groups (broad SMARTS) is 1. The number of anilines is 1. The van der Waals surface area contributed by atoms with Gasteiger partial charge in [-0.3, -0.25) is 0 Å². The summed E-state index contributed by atoms with van der Waals surface area (Å²) in [5.74, 6) is -0.894. The highest BCUT2D eigenvalue weighted by Crippen LogP contribution is 2.14. The largest absolute Gasteiger partial charge is 0.478 e. The molecule has 0 amide bonds. The van der Waals surface area contributed by atoms with Crippen molar-refractivity contribution in [1.82, 2.24) is 4.90 Å². The van der Waals surface area contributed by atoms with E-state index in [9.17, 15) is 4.79 Å². The molecule has 0 heterocycles. The molecule has 94 valence electrons. The molecule has 0 radical (unpaired) electrons. The monoisotopic (exact) mass is 236 g/mol. The molecular weight excluding hydrogens is 216 g/mol. The third-order valence-electron chi connectivity index (χ3n) is 2.57. The summed E-state index contributed by atoms with van der Waals surface area (Å²) in [5.41, 5.74) is 1.01. The Morgan fingerprint density at radius 2 is 2.06 bits per heavy atom. The lowest BCUT2D eigenvalue weighted by Crippen LogP contribution is -2.26. The zero-order valence-electron chi connectivity index (χ0n) is 10.4. The van der Waals surface area contributed by atoms with Gasteiger partial charge < -0.3 is 15.3 Å². The second-order valence-corrected chi connectivity index (χ2v) is 4.08. The van der Waals surface area contributed by atoms with Gasteiger partial charge in [-0.2, -0.15) is 0 Å². The number of carboxylic acids is 1. The van der Waals surface area contributed by atoms with E-state index in [1.54, 1.807) is 18.2 Å². The van der Waals surface area contributed by atoms with Crippen molar-refractivity contribution < 1.29 is 9.90 Å². The van der Waals surface area contributed by atoms with Crippen LogP contribution in [0.15, 0.2) is 24.3 Å². The van der Waals surface area contributed by atoms with Crippen LogP contribution in [0.5, 0.6) is 0 Å². The quantitative estimate of drug-likeness (QED) is 0.761. The van der Waals surface area contributed by atoms with Crippen molar-refractivity contribution in [3.8, 4) is 0 Å². The van der Waals surface area contributed by atoms with Crippen molar-refractivity contribution >= 4 is 11.7 Å². The minimum absolute atomic E-state index is 0.325. The molecule has 1 aromatic carbocycles. The van der Waals surface area contributed by atoms with Crippen LogP contribution in [0.1, 0.15) is 23.7 Å². The van der Waals surface area contributed by atoms with Gasteiger partial charge in [-0.1, -0.05) is 19.1 Å². The van der Waals surface area contributed by atoms with Gasteiger partial charge in [0, 0.05) is 18.8 Å². The first kappa shape index (κ1) is 13.5. The number of likely N-dealkylation sites (N-methyl/N-ethyl adjacent to an activating group) is 1. The smallest absolute Gasteiger partial charge is 0.337 e. The third kappa shape index (κ3) is 4.44. The molecule has 1 aromatic rings. The van der Waals surface area contributed by atoms with Gasteiger partial charge in [0.05, 0.1) is 5.56 Å². The SMILES string of the molecule is CCCN(C)CCNc1ccccc1C(=O)O. The number of hydrogen-bond donors (Lipinski definition) is 2. The van der Waals surface area contributed by atoms with E-state index in [0.29, 0.717) is 11.3 Å². The normalized spacial score (nSPS) is 10.5. The topological polar surface area (TPSA) is 52.6 Å². The summed E-state index contributed by atoms with van der Waals surface area (Å²) < 4.78 is 0. The number of aromatic carboxylic acids is 1. The van der Waals surface area contributed by atoms with E-state index < -0.39 is 5.97 Å². The number of nitrogens with zero attached hydrogens (tertiary/aromatic N) is 1. The molecule has 0 aromatic heterocycles. The van der Waals surface area contributed by atoms with Crippen LogP contribution < -0.4 is 5.32 Å². The third-order valence-corrected chi connectivity index (χ3v) is 2.57. The summed E-state index contributed by atoms with van der Waals surface area (Å²) in [7, 11) is 2.06. The molecule has 2 N–H and O–H groups in total. The first-order valence-corrected chi connectivity index (χ1v) is 5.90. The van der Waals surface area contributed by atoms with E-state index in [4.69, 9.17) is 5.11 Å². The molecule has 17 heavy (non-hydrogen) atoms. The van der Waals surface area contributed by atoms with Crippen LogP contribution in [0.2, 0.25) is 0 Å². The molecule has 4 heteroatoms. The predicted octanol–water partition coefficient (Wildman–Crippen LogP) is 2.14. The first-order chi connectivity index (χ1) is 8.15. The van der Waals surface area contributed by atoms with E-state index in [2.05, 4.69) is 24.2 Å². The van der Waals surface area contributed by atoms with E-state index >= 15 is 0 Å². The highest BCUT2D eigenvalue weighted by Gasteiger charge is 2.08. The average molecular weight is 236 g/mol. The van der Waals surface area contributed by atoms with Gasteiger partial charge in [0.1, 0.15) is 0 Å². The van der Waals surface area contributed by atoms with Crippen molar-refractivity contribution in [2.45, 2.75) is 13.3 Å². The fourth-order valence-corrected chi connectivity index (χ4v) is 1.70. The number of nitrogens with one attached hydrogen (secondary N) is 1. The number of benzene rings is 1. The minimum atomic E-state index is -0.894. The van der Waals surface area contributed by atoms with Crippen molar-refractivity contribution in [3.63, 3.8) is 0 Å². The number of rotatable bonds is 7. The molecule has 0 fully saturated rings. The van der Waals surface area contributed by atoms with E-state index in [0.717, 1.165) is 26.1 Å². The Morgan fingerprint density at radius 1 is 1.35 bits per heavy atom. The van der Waals surface area contributed by atoms with Crippen molar-refractivity contribution in [2.75, 3.05) is 32.0 Å². The molecule has 0 bridgehead atoms. The van der Waals surface area contributed by atoms with Gasteiger partial charge in [-0.25, -0.2) is 4.79 Å². The van der Waals surface area contributed by atoms with E-state index in [1.165, 1.54) is 0 Å². The fraction of sp³-hybridized carbons (Fsp3) is 0.462. The number of hydrogen-bond acceptors (Lipinski definition) is 3. The van der Waals surface area contributed by atoms with Gasteiger partial charge >= 0.3 is 5.97 Å². The Morgan fingerprint density at radius 3 is 2.71 bits per heavy atom. The Kier molecular flexibility index (Phi) is 5.49. The molecule has 0 unspecified atom stereocenters. The summed E-state index contributed by atoms with van der Waals surface area (Å²) in [5, 5.41) is 12.2. The van der Waals surface area contributed by atoms with E-state index in [-0.39, 0.29) is 0 Å². The van der Waals surface area contributed by atoms with Crippen LogP contribution in [0, 0.1) is 0 Å². The molecule has 0 atom stereocenters. The van der Waals surface area contributed by atoms with Crippen molar-refractivity contribution in [1.29, 1.82) is 0 Å². The van der Waals surface area contributed by atoms with Crippen LogP contribution in [0.25, 0.3) is 0 Å². The molecule has 0 aliphatic heterocycles.